The van der Waals surface area contributed by atoms with Crippen molar-refractivity contribution in [1.82, 2.24) is 0 Å². The van der Waals surface area contributed by atoms with Gasteiger partial charge < -0.3 is 15.2 Å². The van der Waals surface area contributed by atoms with E-state index in [9.17, 15) is 0 Å². The largest absolute Gasteiger partial charge is 0.496 e. The molecule has 2 fully saturated rings. The Hall–Kier alpha value is -1.06. The average Bonchev–Trinajstić information content (AvgIpc) is 3.29. The van der Waals surface area contributed by atoms with Gasteiger partial charge in [-0.2, -0.15) is 0 Å². The number of ether oxygens (including phenoxy) is 2. The third-order valence-electron chi connectivity index (χ3n) is 5.11. The van der Waals surface area contributed by atoms with E-state index in [2.05, 4.69) is 25.1 Å². The van der Waals surface area contributed by atoms with Gasteiger partial charge in [0.15, 0.2) is 0 Å². The lowest BCUT2D eigenvalue weighted by Crippen LogP contribution is -2.32. The summed E-state index contributed by atoms with van der Waals surface area (Å²) in [5.74, 6) is 1.62. The molecule has 1 unspecified atom stereocenters. The Morgan fingerprint density at radius 2 is 2.00 bits per heavy atom. The van der Waals surface area contributed by atoms with Crippen molar-refractivity contribution in [2.75, 3.05) is 20.3 Å². The minimum atomic E-state index is 0.145. The van der Waals surface area contributed by atoms with Crippen molar-refractivity contribution >= 4 is 0 Å². The molecule has 0 amide bonds. The Balaban J connectivity index is 1.95. The number of methoxy groups -OCH3 is 1. The first-order valence-corrected chi connectivity index (χ1v) is 7.69. The molecule has 1 aliphatic heterocycles. The molecule has 1 atom stereocenters. The van der Waals surface area contributed by atoms with Crippen molar-refractivity contribution in [2.45, 2.75) is 50.0 Å². The Kier molecular flexibility index (Phi) is 3.74. The standard InChI is InChI=1S/C17H25NO2/c1-12(18)17(7-8-17)15-11-14(3-4-16(15)19-2)13-5-9-20-10-6-13/h3-4,11-13H,5-10,18H2,1-2H3. The van der Waals surface area contributed by atoms with E-state index in [1.54, 1.807) is 7.11 Å². The van der Waals surface area contributed by atoms with Crippen LogP contribution in [0.2, 0.25) is 0 Å². The van der Waals surface area contributed by atoms with Crippen molar-refractivity contribution in [3.05, 3.63) is 29.3 Å². The van der Waals surface area contributed by atoms with Gasteiger partial charge in [-0.15, -0.1) is 0 Å². The fourth-order valence-electron chi connectivity index (χ4n) is 3.50. The van der Waals surface area contributed by atoms with Gasteiger partial charge in [0.2, 0.25) is 0 Å². The molecule has 2 aliphatic rings. The zero-order chi connectivity index (χ0) is 14.2. The van der Waals surface area contributed by atoms with Crippen LogP contribution < -0.4 is 10.5 Å². The number of rotatable bonds is 4. The quantitative estimate of drug-likeness (QED) is 0.918. The Morgan fingerprint density at radius 1 is 1.30 bits per heavy atom. The molecule has 1 aromatic rings. The summed E-state index contributed by atoms with van der Waals surface area (Å²) in [5.41, 5.74) is 9.13. The fraction of sp³-hybridized carbons (Fsp3) is 0.647. The second-order valence-electron chi connectivity index (χ2n) is 6.29. The molecule has 0 radical (unpaired) electrons. The van der Waals surface area contributed by atoms with E-state index in [1.807, 2.05) is 0 Å². The van der Waals surface area contributed by atoms with Crippen LogP contribution in [0, 0.1) is 0 Å². The van der Waals surface area contributed by atoms with Crippen molar-refractivity contribution in [1.29, 1.82) is 0 Å². The highest BCUT2D eigenvalue weighted by atomic mass is 16.5. The highest BCUT2D eigenvalue weighted by molar-refractivity contribution is 5.47. The molecule has 110 valence electrons. The fourth-order valence-corrected chi connectivity index (χ4v) is 3.50. The van der Waals surface area contributed by atoms with Gasteiger partial charge >= 0.3 is 0 Å². The second kappa shape index (κ2) is 5.38. The van der Waals surface area contributed by atoms with E-state index in [1.165, 1.54) is 24.0 Å². The predicted molar refractivity (Wildman–Crippen MR) is 80.3 cm³/mol. The summed E-state index contributed by atoms with van der Waals surface area (Å²) in [6.45, 7) is 3.88. The van der Waals surface area contributed by atoms with E-state index < -0.39 is 0 Å². The summed E-state index contributed by atoms with van der Waals surface area (Å²) in [7, 11) is 1.75. The lowest BCUT2D eigenvalue weighted by atomic mass is 9.84. The van der Waals surface area contributed by atoms with Crippen LogP contribution >= 0.6 is 0 Å². The van der Waals surface area contributed by atoms with Crippen LogP contribution in [0.25, 0.3) is 0 Å². The zero-order valence-electron chi connectivity index (χ0n) is 12.5. The third-order valence-corrected chi connectivity index (χ3v) is 5.11. The smallest absolute Gasteiger partial charge is 0.122 e. The lowest BCUT2D eigenvalue weighted by molar-refractivity contribution is 0.0853. The summed E-state index contributed by atoms with van der Waals surface area (Å²) < 4.78 is 11.1. The molecule has 1 saturated carbocycles. The van der Waals surface area contributed by atoms with Crippen molar-refractivity contribution in [3.63, 3.8) is 0 Å². The molecule has 3 nitrogen and oxygen atoms in total. The van der Waals surface area contributed by atoms with Crippen LogP contribution in [0.1, 0.15) is 49.7 Å². The molecule has 1 aliphatic carbocycles. The van der Waals surface area contributed by atoms with Gasteiger partial charge in [0, 0.05) is 30.2 Å². The minimum absolute atomic E-state index is 0.145. The van der Waals surface area contributed by atoms with Crippen LogP contribution in [-0.4, -0.2) is 26.4 Å². The van der Waals surface area contributed by atoms with Gasteiger partial charge in [-0.05, 0) is 50.2 Å². The molecule has 0 bridgehead atoms. The first-order valence-electron chi connectivity index (χ1n) is 7.69. The van der Waals surface area contributed by atoms with Gasteiger partial charge in [-0.25, -0.2) is 0 Å². The van der Waals surface area contributed by atoms with E-state index >= 15 is 0 Å². The number of nitrogens with two attached hydrogens (primary N) is 1. The Morgan fingerprint density at radius 3 is 2.55 bits per heavy atom. The molecular formula is C17H25NO2. The van der Waals surface area contributed by atoms with Crippen molar-refractivity contribution in [3.8, 4) is 5.75 Å². The molecular weight excluding hydrogens is 250 g/mol. The van der Waals surface area contributed by atoms with Crippen LogP contribution in [0.3, 0.4) is 0 Å². The second-order valence-corrected chi connectivity index (χ2v) is 6.29. The molecule has 3 rings (SSSR count). The van der Waals surface area contributed by atoms with Crippen LogP contribution in [-0.2, 0) is 10.2 Å². The molecule has 20 heavy (non-hydrogen) atoms. The van der Waals surface area contributed by atoms with Crippen molar-refractivity contribution in [2.24, 2.45) is 5.73 Å². The third kappa shape index (κ3) is 2.33. The number of hydrogen-bond acceptors (Lipinski definition) is 3. The number of benzene rings is 1. The van der Waals surface area contributed by atoms with Gasteiger partial charge in [-0.1, -0.05) is 12.1 Å². The molecule has 1 aromatic carbocycles. The summed E-state index contributed by atoms with van der Waals surface area (Å²) >= 11 is 0. The van der Waals surface area contributed by atoms with Crippen LogP contribution in [0.4, 0.5) is 0 Å². The molecule has 1 heterocycles. The highest BCUT2D eigenvalue weighted by Gasteiger charge is 2.49. The summed E-state index contributed by atoms with van der Waals surface area (Å²) in [5, 5.41) is 0. The van der Waals surface area contributed by atoms with E-state index in [0.717, 1.165) is 31.8 Å². The minimum Gasteiger partial charge on any atom is -0.496 e. The molecule has 3 heteroatoms. The summed E-state index contributed by atoms with van der Waals surface area (Å²) in [6, 6.07) is 6.88. The predicted octanol–water partition coefficient (Wildman–Crippen LogP) is 2.97. The molecule has 0 spiro atoms. The highest BCUT2D eigenvalue weighted by Crippen LogP contribution is 2.53. The maximum atomic E-state index is 6.24. The Labute approximate surface area is 121 Å². The first-order chi connectivity index (χ1) is 9.67. The monoisotopic (exact) mass is 275 g/mol. The molecule has 2 N–H and O–H groups in total. The lowest BCUT2D eigenvalue weighted by Gasteiger charge is -2.27. The summed E-state index contributed by atoms with van der Waals surface area (Å²) in [6.07, 6.45) is 4.60. The SMILES string of the molecule is COc1ccc(C2CCOCC2)cc1C1(C(C)N)CC1. The van der Waals surface area contributed by atoms with Crippen molar-refractivity contribution < 1.29 is 9.47 Å². The average molecular weight is 275 g/mol. The van der Waals surface area contributed by atoms with E-state index in [0.29, 0.717) is 5.92 Å². The van der Waals surface area contributed by atoms with Crippen LogP contribution in [0.15, 0.2) is 18.2 Å². The normalized spacial score (nSPS) is 23.4. The van der Waals surface area contributed by atoms with Gasteiger partial charge in [0.25, 0.3) is 0 Å². The van der Waals surface area contributed by atoms with Crippen LogP contribution in [0.5, 0.6) is 5.75 Å². The topological polar surface area (TPSA) is 44.5 Å². The molecule has 0 aromatic heterocycles. The van der Waals surface area contributed by atoms with Gasteiger partial charge in [0.1, 0.15) is 5.75 Å². The Bertz CT molecular complexity index is 474. The summed E-state index contributed by atoms with van der Waals surface area (Å²) in [4.78, 5) is 0. The maximum absolute atomic E-state index is 6.24. The first kappa shape index (κ1) is 13.9. The zero-order valence-corrected chi connectivity index (χ0v) is 12.5. The van der Waals surface area contributed by atoms with E-state index in [4.69, 9.17) is 15.2 Å². The van der Waals surface area contributed by atoms with Gasteiger partial charge in [-0.3, -0.25) is 0 Å². The molecule has 1 saturated heterocycles. The van der Waals surface area contributed by atoms with Gasteiger partial charge in [0.05, 0.1) is 7.11 Å². The number of hydrogen-bond donors (Lipinski definition) is 1. The van der Waals surface area contributed by atoms with E-state index in [-0.39, 0.29) is 11.5 Å². The maximum Gasteiger partial charge on any atom is 0.122 e.